The molecule has 0 amide bonds. The minimum absolute atomic E-state index is 0.0193. The Hall–Kier alpha value is -1.14. The van der Waals surface area contributed by atoms with E-state index >= 15 is 0 Å². The van der Waals surface area contributed by atoms with Crippen LogP contribution < -0.4 is 0 Å². The van der Waals surface area contributed by atoms with Crippen LogP contribution >= 0.6 is 0 Å². The van der Waals surface area contributed by atoms with Gasteiger partial charge in [-0.05, 0) is 102 Å². The molecule has 0 aliphatic rings. The standard InChI is InChI=1S/C50H99NO5/c1-40(2)31-33-47(42(5)6)38-54-36-27-23-19-14-13-16-20-24-28-46(50(53)55-37-35-51(44(9)10)45(11)12)29-25-21-17-15-18-22-26-30-49(52)56-39-48(43(7)8)34-32-41(3)4/h40-48H,13-39H2,1-12H3. The van der Waals surface area contributed by atoms with E-state index in [-0.39, 0.29) is 17.9 Å². The minimum atomic E-state index is -0.0292. The fourth-order valence-electron chi connectivity index (χ4n) is 7.88. The highest BCUT2D eigenvalue weighted by Gasteiger charge is 2.21. The third kappa shape index (κ3) is 31.8. The number of rotatable bonds is 39. The summed E-state index contributed by atoms with van der Waals surface area (Å²) in [6.07, 6.45) is 25.1. The monoisotopic (exact) mass is 794 g/mol. The maximum atomic E-state index is 13.3. The topological polar surface area (TPSA) is 65.1 Å². The maximum Gasteiger partial charge on any atom is 0.308 e. The van der Waals surface area contributed by atoms with Crippen molar-refractivity contribution in [1.29, 1.82) is 0 Å². The van der Waals surface area contributed by atoms with Crippen molar-refractivity contribution < 1.29 is 23.8 Å². The van der Waals surface area contributed by atoms with E-state index in [1.165, 1.54) is 77.0 Å². The number of nitrogens with zero attached hydrogens (tertiary/aromatic N) is 1. The lowest BCUT2D eigenvalue weighted by Crippen LogP contribution is -2.39. The zero-order valence-corrected chi connectivity index (χ0v) is 39.8. The van der Waals surface area contributed by atoms with Crippen LogP contribution in [0, 0.1) is 41.4 Å². The summed E-state index contributed by atoms with van der Waals surface area (Å²) < 4.78 is 17.7. The molecule has 0 radical (unpaired) electrons. The van der Waals surface area contributed by atoms with E-state index in [9.17, 15) is 9.59 Å². The first kappa shape index (κ1) is 54.9. The van der Waals surface area contributed by atoms with Gasteiger partial charge in [0.25, 0.3) is 0 Å². The summed E-state index contributed by atoms with van der Waals surface area (Å²) in [5.41, 5.74) is 0. The lowest BCUT2D eigenvalue weighted by Gasteiger charge is -2.30. The molecule has 0 aromatic carbocycles. The van der Waals surface area contributed by atoms with E-state index < -0.39 is 0 Å². The Balaban J connectivity index is 4.39. The first-order valence-corrected chi connectivity index (χ1v) is 24.3. The normalized spacial score (nSPS) is 13.9. The molecule has 0 spiro atoms. The Morgan fingerprint density at radius 2 is 0.875 bits per heavy atom. The van der Waals surface area contributed by atoms with Crippen molar-refractivity contribution in [2.75, 3.05) is 33.0 Å². The molecule has 0 heterocycles. The van der Waals surface area contributed by atoms with Crippen LogP contribution in [-0.2, 0) is 23.8 Å². The van der Waals surface area contributed by atoms with Crippen LogP contribution in [0.1, 0.15) is 224 Å². The summed E-state index contributed by atoms with van der Waals surface area (Å²) in [5.74, 6) is 3.87. The predicted molar refractivity (Wildman–Crippen MR) is 241 cm³/mol. The van der Waals surface area contributed by atoms with Gasteiger partial charge < -0.3 is 14.2 Å². The summed E-state index contributed by atoms with van der Waals surface area (Å²) in [4.78, 5) is 28.0. The minimum Gasteiger partial charge on any atom is -0.465 e. The molecule has 0 saturated heterocycles. The zero-order chi connectivity index (χ0) is 42.1. The molecule has 3 atom stereocenters. The van der Waals surface area contributed by atoms with Crippen molar-refractivity contribution in [2.45, 2.75) is 236 Å². The number of esters is 2. The highest BCUT2D eigenvalue weighted by atomic mass is 16.5. The van der Waals surface area contributed by atoms with Crippen LogP contribution in [0.5, 0.6) is 0 Å². The fraction of sp³-hybridized carbons (Fsp3) is 0.960. The first-order valence-electron chi connectivity index (χ1n) is 24.3. The second kappa shape index (κ2) is 35.8. The van der Waals surface area contributed by atoms with Crippen LogP contribution in [0.2, 0.25) is 0 Å². The van der Waals surface area contributed by atoms with Gasteiger partial charge in [-0.15, -0.1) is 0 Å². The Morgan fingerprint density at radius 1 is 0.446 bits per heavy atom. The summed E-state index contributed by atoms with van der Waals surface area (Å²) in [6, 6.07) is 0.880. The van der Waals surface area contributed by atoms with Gasteiger partial charge in [0, 0.05) is 38.3 Å². The maximum absolute atomic E-state index is 13.3. The first-order chi connectivity index (χ1) is 26.6. The van der Waals surface area contributed by atoms with E-state index in [0.717, 1.165) is 83.5 Å². The molecule has 0 N–H and O–H groups in total. The van der Waals surface area contributed by atoms with Crippen molar-refractivity contribution in [3.05, 3.63) is 0 Å². The number of ether oxygens (including phenoxy) is 3. The number of unbranched alkanes of at least 4 members (excludes halogenated alkanes) is 13. The Bertz CT molecular complexity index is 892. The van der Waals surface area contributed by atoms with Gasteiger partial charge in [-0.2, -0.15) is 0 Å². The van der Waals surface area contributed by atoms with Crippen LogP contribution in [0.3, 0.4) is 0 Å². The molecule has 56 heavy (non-hydrogen) atoms. The van der Waals surface area contributed by atoms with E-state index in [1.807, 2.05) is 0 Å². The molecular weight excluding hydrogens is 695 g/mol. The summed E-state index contributed by atoms with van der Waals surface area (Å²) >= 11 is 0. The van der Waals surface area contributed by atoms with Crippen molar-refractivity contribution in [1.82, 2.24) is 4.90 Å². The molecule has 6 heteroatoms. The Kier molecular flexibility index (Phi) is 35.0. The second-order valence-electron chi connectivity index (χ2n) is 19.6. The van der Waals surface area contributed by atoms with Gasteiger partial charge in [-0.1, -0.05) is 152 Å². The largest absolute Gasteiger partial charge is 0.465 e. The van der Waals surface area contributed by atoms with Gasteiger partial charge in [0.05, 0.1) is 12.5 Å². The third-order valence-electron chi connectivity index (χ3n) is 12.2. The summed E-state index contributed by atoms with van der Waals surface area (Å²) in [6.45, 7) is 30.8. The molecular formula is C50H99NO5. The number of carbonyl (C=O) groups excluding carboxylic acids is 2. The Morgan fingerprint density at radius 3 is 1.32 bits per heavy atom. The van der Waals surface area contributed by atoms with Gasteiger partial charge >= 0.3 is 11.9 Å². The molecule has 0 aromatic rings. The number of hydrogen-bond acceptors (Lipinski definition) is 6. The van der Waals surface area contributed by atoms with Gasteiger partial charge in [0.15, 0.2) is 0 Å². The van der Waals surface area contributed by atoms with E-state index in [2.05, 4.69) is 88.0 Å². The molecule has 0 aromatic heterocycles. The van der Waals surface area contributed by atoms with Crippen LogP contribution in [-0.4, -0.2) is 61.9 Å². The van der Waals surface area contributed by atoms with Gasteiger partial charge in [-0.25, -0.2) is 0 Å². The van der Waals surface area contributed by atoms with Gasteiger partial charge in [-0.3, -0.25) is 14.5 Å². The van der Waals surface area contributed by atoms with E-state index in [0.29, 0.717) is 61.3 Å². The SMILES string of the molecule is CC(C)CCC(COCCCCCCCCCCC(CCCCCCCCCC(=O)OCC(CCC(C)C)C(C)C)C(=O)OCCN(C(C)C)C(C)C)C(C)C. The van der Waals surface area contributed by atoms with Crippen molar-refractivity contribution in [3.63, 3.8) is 0 Å². The van der Waals surface area contributed by atoms with Crippen molar-refractivity contribution >= 4 is 11.9 Å². The van der Waals surface area contributed by atoms with Crippen LogP contribution in [0.15, 0.2) is 0 Å². The molecule has 0 saturated carbocycles. The van der Waals surface area contributed by atoms with Crippen molar-refractivity contribution in [2.24, 2.45) is 41.4 Å². The number of carbonyl (C=O) groups is 2. The van der Waals surface area contributed by atoms with Crippen molar-refractivity contribution in [3.8, 4) is 0 Å². The van der Waals surface area contributed by atoms with E-state index in [1.54, 1.807) is 0 Å². The lowest BCUT2D eigenvalue weighted by molar-refractivity contribution is -0.150. The Labute approximate surface area is 350 Å². The third-order valence-corrected chi connectivity index (χ3v) is 12.2. The zero-order valence-electron chi connectivity index (χ0n) is 39.8. The molecule has 0 bridgehead atoms. The molecule has 334 valence electrons. The quantitative estimate of drug-likeness (QED) is 0.0456. The molecule has 0 aliphatic carbocycles. The molecule has 0 rings (SSSR count). The molecule has 6 nitrogen and oxygen atoms in total. The van der Waals surface area contributed by atoms with E-state index in [4.69, 9.17) is 14.2 Å². The average Bonchev–Trinajstić information content (AvgIpc) is 3.12. The molecule has 0 fully saturated rings. The smallest absolute Gasteiger partial charge is 0.308 e. The lowest BCUT2D eigenvalue weighted by atomic mass is 9.89. The summed E-state index contributed by atoms with van der Waals surface area (Å²) in [5, 5.41) is 0. The average molecular weight is 794 g/mol. The predicted octanol–water partition coefficient (Wildman–Crippen LogP) is 14.3. The van der Waals surface area contributed by atoms with Gasteiger partial charge in [0.2, 0.25) is 0 Å². The van der Waals surface area contributed by atoms with Crippen LogP contribution in [0.25, 0.3) is 0 Å². The van der Waals surface area contributed by atoms with Crippen LogP contribution in [0.4, 0.5) is 0 Å². The van der Waals surface area contributed by atoms with Gasteiger partial charge in [0.1, 0.15) is 6.61 Å². The number of hydrogen-bond donors (Lipinski definition) is 0. The molecule has 0 aliphatic heterocycles. The molecule has 3 unspecified atom stereocenters. The second-order valence-corrected chi connectivity index (χ2v) is 19.6. The summed E-state index contributed by atoms with van der Waals surface area (Å²) in [7, 11) is 0. The fourth-order valence-corrected chi connectivity index (χ4v) is 7.88. The highest BCUT2D eigenvalue weighted by molar-refractivity contribution is 5.72. The highest BCUT2D eigenvalue weighted by Crippen LogP contribution is 2.24.